The molecule has 4 atom stereocenters. The van der Waals surface area contributed by atoms with E-state index in [1.807, 2.05) is 44.2 Å². The lowest BCUT2D eigenvalue weighted by atomic mass is 9.95. The highest BCUT2D eigenvalue weighted by Crippen LogP contribution is 2.20. The monoisotopic (exact) mass is 585 g/mol. The van der Waals surface area contributed by atoms with Crippen LogP contribution in [0.5, 0.6) is 0 Å². The van der Waals surface area contributed by atoms with Gasteiger partial charge >= 0.3 is 6.09 Å². The van der Waals surface area contributed by atoms with Crippen molar-refractivity contribution in [1.29, 1.82) is 0 Å². The number of carbonyl (C=O) groups is 5. The molecule has 1 aliphatic heterocycles. The molecule has 11 nitrogen and oxygen atoms in total. The second-order valence-electron chi connectivity index (χ2n) is 10.9. The van der Waals surface area contributed by atoms with Gasteiger partial charge in [0.15, 0.2) is 5.01 Å². The predicted octanol–water partition coefficient (Wildman–Crippen LogP) is 2.82. The molecule has 222 valence electrons. The molecule has 2 heterocycles. The normalized spacial score (nSPS) is 16.9. The van der Waals surface area contributed by atoms with E-state index < -0.39 is 42.0 Å². The molecule has 0 unspecified atom stereocenters. The second-order valence-corrected chi connectivity index (χ2v) is 11.8. The van der Waals surface area contributed by atoms with Gasteiger partial charge in [0.1, 0.15) is 18.7 Å². The van der Waals surface area contributed by atoms with Crippen LogP contribution in [0, 0.1) is 17.8 Å². The highest BCUT2D eigenvalue weighted by atomic mass is 32.1. The number of Topliss-reactive ketones (excluding diaryl/α,β-unsaturated/α-hetero) is 1. The van der Waals surface area contributed by atoms with Gasteiger partial charge in [-0.2, -0.15) is 0 Å². The molecule has 4 amide bonds. The zero-order valence-electron chi connectivity index (χ0n) is 23.8. The van der Waals surface area contributed by atoms with Gasteiger partial charge in [0, 0.05) is 24.0 Å². The third-order valence-electron chi connectivity index (χ3n) is 6.73. The Morgan fingerprint density at radius 2 is 1.73 bits per heavy atom. The molecule has 1 fully saturated rings. The fourth-order valence-corrected chi connectivity index (χ4v) is 5.17. The van der Waals surface area contributed by atoms with Crippen LogP contribution in [0.2, 0.25) is 0 Å². The van der Waals surface area contributed by atoms with Crippen molar-refractivity contribution in [3.63, 3.8) is 0 Å². The van der Waals surface area contributed by atoms with Gasteiger partial charge in [-0.3, -0.25) is 19.2 Å². The molecule has 1 saturated heterocycles. The summed E-state index contributed by atoms with van der Waals surface area (Å²) in [6.07, 6.45) is 1.73. The Kier molecular flexibility index (Phi) is 11.8. The number of nitrogens with zero attached hydrogens (tertiary/aromatic N) is 1. The Labute approximate surface area is 244 Å². The Hall–Kier alpha value is -3.80. The van der Waals surface area contributed by atoms with Crippen LogP contribution in [0.25, 0.3) is 0 Å². The summed E-state index contributed by atoms with van der Waals surface area (Å²) in [5.74, 6) is -2.33. The van der Waals surface area contributed by atoms with Crippen LogP contribution >= 0.6 is 11.3 Å². The number of aromatic nitrogens is 1. The quantitative estimate of drug-likeness (QED) is 0.249. The summed E-state index contributed by atoms with van der Waals surface area (Å²) in [5.41, 5.74) is 0.804. The Bertz CT molecular complexity index is 1190. The van der Waals surface area contributed by atoms with E-state index in [1.54, 1.807) is 19.2 Å². The van der Waals surface area contributed by atoms with Crippen LogP contribution < -0.4 is 21.3 Å². The lowest BCUT2D eigenvalue weighted by molar-refractivity contribution is -0.131. The highest BCUT2D eigenvalue weighted by Gasteiger charge is 2.35. The van der Waals surface area contributed by atoms with E-state index in [4.69, 9.17) is 4.74 Å². The molecular weight excluding hydrogens is 546 g/mol. The maximum Gasteiger partial charge on any atom is 0.408 e. The third kappa shape index (κ3) is 9.66. The topological polar surface area (TPSA) is 156 Å². The number of rotatable bonds is 14. The molecule has 0 spiro atoms. The van der Waals surface area contributed by atoms with Crippen molar-refractivity contribution in [3.05, 3.63) is 52.5 Å². The number of ketones is 1. The minimum atomic E-state index is -0.985. The van der Waals surface area contributed by atoms with E-state index in [2.05, 4.69) is 26.3 Å². The van der Waals surface area contributed by atoms with Crippen molar-refractivity contribution in [2.45, 2.75) is 71.7 Å². The fraction of sp³-hybridized carbons (Fsp3) is 0.517. The molecule has 4 N–H and O–H groups in total. The lowest BCUT2D eigenvalue weighted by Gasteiger charge is -2.27. The summed E-state index contributed by atoms with van der Waals surface area (Å²) in [7, 11) is 0. The average Bonchev–Trinajstić information content (AvgIpc) is 3.61. The summed E-state index contributed by atoms with van der Waals surface area (Å²) in [4.78, 5) is 68.9. The number of thiazole rings is 1. The smallest absolute Gasteiger partial charge is 0.408 e. The van der Waals surface area contributed by atoms with Gasteiger partial charge in [0.25, 0.3) is 0 Å². The van der Waals surface area contributed by atoms with Gasteiger partial charge in [-0.25, -0.2) is 9.78 Å². The lowest BCUT2D eigenvalue weighted by Crippen LogP contribution is -2.57. The summed E-state index contributed by atoms with van der Waals surface area (Å²) in [5, 5.41) is 12.8. The SMILES string of the molecule is CC(C)C[C@H](NC(=O)[C@@H](NC(=O)OCc1ccccc1)C(C)C)C(=O)N[C@@H](C[C@@H]1CCNC1=O)C(=O)c1nccs1. The van der Waals surface area contributed by atoms with Crippen molar-refractivity contribution in [1.82, 2.24) is 26.3 Å². The molecule has 1 aromatic heterocycles. The van der Waals surface area contributed by atoms with Gasteiger partial charge in [-0.15, -0.1) is 11.3 Å². The van der Waals surface area contributed by atoms with E-state index in [0.717, 1.165) is 16.9 Å². The summed E-state index contributed by atoms with van der Waals surface area (Å²) < 4.78 is 5.28. The van der Waals surface area contributed by atoms with Crippen molar-refractivity contribution in [2.24, 2.45) is 17.8 Å². The Balaban J connectivity index is 1.69. The third-order valence-corrected chi connectivity index (χ3v) is 7.52. The molecule has 2 aromatic rings. The van der Waals surface area contributed by atoms with Gasteiger partial charge in [0.2, 0.25) is 23.5 Å². The van der Waals surface area contributed by atoms with E-state index in [0.29, 0.717) is 19.4 Å². The fourth-order valence-electron chi connectivity index (χ4n) is 4.54. The average molecular weight is 586 g/mol. The summed E-state index contributed by atoms with van der Waals surface area (Å²) in [6, 6.07) is 6.24. The molecule has 1 aliphatic rings. The van der Waals surface area contributed by atoms with E-state index in [-0.39, 0.29) is 41.6 Å². The van der Waals surface area contributed by atoms with Gasteiger partial charge in [-0.05, 0) is 36.7 Å². The maximum absolute atomic E-state index is 13.5. The molecule has 0 radical (unpaired) electrons. The first-order valence-electron chi connectivity index (χ1n) is 13.8. The first-order valence-corrected chi connectivity index (χ1v) is 14.7. The van der Waals surface area contributed by atoms with Crippen LogP contribution in [0.4, 0.5) is 4.79 Å². The van der Waals surface area contributed by atoms with Crippen molar-refractivity contribution < 1.29 is 28.7 Å². The summed E-state index contributed by atoms with van der Waals surface area (Å²) >= 11 is 1.16. The zero-order valence-corrected chi connectivity index (χ0v) is 24.7. The molecule has 12 heteroatoms. The molecule has 3 rings (SSSR count). The van der Waals surface area contributed by atoms with Crippen molar-refractivity contribution in [3.8, 4) is 0 Å². The number of hydrogen-bond donors (Lipinski definition) is 4. The Morgan fingerprint density at radius 1 is 1.02 bits per heavy atom. The Morgan fingerprint density at radius 3 is 2.32 bits per heavy atom. The molecule has 41 heavy (non-hydrogen) atoms. The number of benzene rings is 1. The highest BCUT2D eigenvalue weighted by molar-refractivity contribution is 7.11. The number of nitrogens with one attached hydrogen (secondary N) is 4. The zero-order chi connectivity index (χ0) is 29.9. The summed E-state index contributed by atoms with van der Waals surface area (Å²) in [6.45, 7) is 7.92. The largest absolute Gasteiger partial charge is 0.445 e. The molecule has 1 aromatic carbocycles. The second kappa shape index (κ2) is 15.3. The first-order chi connectivity index (χ1) is 19.5. The molecule has 0 saturated carbocycles. The minimum absolute atomic E-state index is 0.0288. The number of carbonyl (C=O) groups excluding carboxylic acids is 5. The van der Waals surface area contributed by atoms with Crippen LogP contribution in [0.3, 0.4) is 0 Å². The predicted molar refractivity (Wildman–Crippen MR) is 154 cm³/mol. The van der Waals surface area contributed by atoms with Gasteiger partial charge in [-0.1, -0.05) is 58.0 Å². The molecular formula is C29H39N5O6S. The van der Waals surface area contributed by atoms with Gasteiger partial charge < -0.3 is 26.0 Å². The number of amides is 4. The molecule has 0 bridgehead atoms. The first kappa shape index (κ1) is 31.7. The van der Waals surface area contributed by atoms with E-state index >= 15 is 0 Å². The number of hydrogen-bond acceptors (Lipinski definition) is 8. The van der Waals surface area contributed by atoms with E-state index in [1.165, 1.54) is 6.20 Å². The van der Waals surface area contributed by atoms with Gasteiger partial charge in [0.05, 0.1) is 6.04 Å². The maximum atomic E-state index is 13.5. The van der Waals surface area contributed by atoms with Crippen LogP contribution in [0.1, 0.15) is 62.3 Å². The number of alkyl carbamates (subject to hydrolysis) is 1. The van der Waals surface area contributed by atoms with Crippen LogP contribution in [-0.4, -0.2) is 59.3 Å². The van der Waals surface area contributed by atoms with Crippen LogP contribution in [0.15, 0.2) is 41.9 Å². The van der Waals surface area contributed by atoms with E-state index in [9.17, 15) is 24.0 Å². The standard InChI is InChI=1S/C29H39N5O6S/c1-17(2)14-22(33-27(38)23(18(3)4)34-29(39)40-16-19-8-6-5-7-9-19)26(37)32-21(15-20-10-11-30-25(20)36)24(35)28-31-12-13-41-28/h5-9,12-13,17-18,20-23H,10-11,14-16H2,1-4H3,(H,30,36)(H,32,37)(H,33,38)(H,34,39)/t20-,21-,22-,23-/m0/s1. The molecule has 0 aliphatic carbocycles. The van der Waals surface area contributed by atoms with Crippen molar-refractivity contribution >= 4 is 40.9 Å². The number of ether oxygens (including phenoxy) is 1. The van der Waals surface area contributed by atoms with Crippen LogP contribution in [-0.2, 0) is 25.7 Å². The van der Waals surface area contributed by atoms with Crippen molar-refractivity contribution in [2.75, 3.05) is 6.54 Å². The minimum Gasteiger partial charge on any atom is -0.445 e.